The van der Waals surface area contributed by atoms with Crippen molar-refractivity contribution in [2.24, 2.45) is 0 Å². The van der Waals surface area contributed by atoms with Crippen LogP contribution in [0.4, 0.5) is 5.69 Å². The molecule has 3 aromatic carbocycles. The fourth-order valence-electron chi connectivity index (χ4n) is 4.13. The molecule has 0 radical (unpaired) electrons. The number of aromatic nitrogens is 2. The van der Waals surface area contributed by atoms with Crippen LogP contribution in [0.5, 0.6) is 0 Å². The average molecular weight is 433 g/mol. The topological polar surface area (TPSA) is 23.8 Å². The smallest absolute Gasteiger partial charge is 0.294 e. The lowest BCUT2D eigenvalue weighted by Gasteiger charge is -2.07. The van der Waals surface area contributed by atoms with Crippen LogP contribution in [0.2, 0.25) is 0 Å². The Morgan fingerprint density at radius 3 is 2.47 bits per heavy atom. The van der Waals surface area contributed by atoms with Crippen molar-refractivity contribution in [1.29, 1.82) is 0 Å². The van der Waals surface area contributed by atoms with E-state index in [9.17, 15) is 0 Å². The van der Waals surface area contributed by atoms with Gasteiger partial charge in [-0.3, -0.25) is 4.57 Å². The van der Waals surface area contributed by atoms with Gasteiger partial charge >= 0.3 is 6.01 Å². The number of rotatable bonds is 4. The molecule has 4 nitrogen and oxygen atoms in total. The minimum atomic E-state index is 0.930. The van der Waals surface area contributed by atoms with Crippen molar-refractivity contribution in [2.75, 3.05) is 7.05 Å². The summed E-state index contributed by atoms with van der Waals surface area (Å²) in [7, 11) is 1.98. The highest BCUT2D eigenvalue weighted by atomic mass is 32.2. The molecule has 0 atom stereocenters. The number of benzene rings is 3. The van der Waals surface area contributed by atoms with E-state index < -0.39 is 0 Å². The SMILES string of the molecule is C[N+]1=C=[N+](c2cccc(Sc3ccc4c5ccccc5n(-c5ccccn5)c4c3)c2)C=C1. The molecule has 3 heterocycles. The molecule has 152 valence electrons. The molecule has 6 rings (SSSR count). The molecule has 0 bridgehead atoms. The zero-order valence-corrected chi connectivity index (χ0v) is 18.3. The van der Waals surface area contributed by atoms with Gasteiger partial charge in [-0.15, -0.1) is 0 Å². The van der Waals surface area contributed by atoms with Gasteiger partial charge < -0.3 is 0 Å². The number of fused-ring (bicyclic) bond motifs is 3. The van der Waals surface area contributed by atoms with Gasteiger partial charge in [-0.25, -0.2) is 4.98 Å². The molecule has 0 fully saturated rings. The van der Waals surface area contributed by atoms with Gasteiger partial charge in [0, 0.05) is 38.9 Å². The van der Waals surface area contributed by atoms with Crippen molar-refractivity contribution in [1.82, 2.24) is 9.55 Å². The number of nitrogens with zero attached hydrogens (tertiary/aromatic N) is 4. The summed E-state index contributed by atoms with van der Waals surface area (Å²) >= 11 is 1.76. The summed E-state index contributed by atoms with van der Waals surface area (Å²) < 4.78 is 6.18. The molecule has 0 saturated heterocycles. The van der Waals surface area contributed by atoms with Gasteiger partial charge in [0.1, 0.15) is 5.82 Å². The van der Waals surface area contributed by atoms with E-state index in [1.54, 1.807) is 11.8 Å². The first kappa shape index (κ1) is 18.8. The van der Waals surface area contributed by atoms with Crippen LogP contribution in [0, 0.1) is 0 Å². The van der Waals surface area contributed by atoms with Crippen molar-refractivity contribution in [3.05, 3.63) is 104 Å². The second-order valence-electron chi connectivity index (χ2n) is 7.70. The van der Waals surface area contributed by atoms with Gasteiger partial charge in [0.15, 0.2) is 7.05 Å². The van der Waals surface area contributed by atoms with Gasteiger partial charge in [-0.1, -0.05) is 57.3 Å². The summed E-state index contributed by atoms with van der Waals surface area (Å²) in [6.07, 6.45) is 5.85. The van der Waals surface area contributed by atoms with E-state index in [1.807, 2.05) is 46.9 Å². The molecule has 2 aromatic heterocycles. The summed E-state index contributed by atoms with van der Waals surface area (Å²) in [5.41, 5.74) is 3.43. The fourth-order valence-corrected chi connectivity index (χ4v) is 5.03. The molecule has 0 unspecified atom stereocenters. The predicted molar refractivity (Wildman–Crippen MR) is 129 cm³/mol. The van der Waals surface area contributed by atoms with E-state index in [2.05, 4.69) is 88.4 Å². The zero-order valence-electron chi connectivity index (χ0n) is 17.5. The summed E-state index contributed by atoms with van der Waals surface area (Å²) in [6, 6.07) is 33.1. The van der Waals surface area contributed by atoms with Crippen LogP contribution in [0.25, 0.3) is 27.6 Å². The molecule has 1 aliphatic rings. The number of hydrogen-bond donors (Lipinski definition) is 0. The van der Waals surface area contributed by atoms with Crippen LogP contribution in [0.1, 0.15) is 0 Å². The van der Waals surface area contributed by atoms with E-state index in [0.717, 1.165) is 17.0 Å². The van der Waals surface area contributed by atoms with Crippen LogP contribution in [0.3, 0.4) is 0 Å². The van der Waals surface area contributed by atoms with Crippen molar-refractivity contribution in [3.63, 3.8) is 0 Å². The Kier molecular flexibility index (Phi) is 4.50. The third kappa shape index (κ3) is 3.25. The van der Waals surface area contributed by atoms with E-state index in [1.165, 1.54) is 26.1 Å². The first-order valence-electron chi connectivity index (χ1n) is 10.5. The normalized spacial score (nSPS) is 13.0. The lowest BCUT2D eigenvalue weighted by atomic mass is 10.2. The van der Waals surface area contributed by atoms with E-state index in [4.69, 9.17) is 0 Å². The first-order valence-corrected chi connectivity index (χ1v) is 11.3. The Labute approximate surface area is 190 Å². The zero-order chi connectivity index (χ0) is 21.5. The van der Waals surface area contributed by atoms with Gasteiger partial charge in [0.05, 0.1) is 11.0 Å². The predicted octanol–water partition coefficient (Wildman–Crippen LogP) is 6.27. The quantitative estimate of drug-likeness (QED) is 0.312. The van der Waals surface area contributed by atoms with Crippen molar-refractivity contribution in [3.8, 4) is 5.82 Å². The summed E-state index contributed by atoms with van der Waals surface area (Å²) in [5, 5.41) is 2.47. The standard InChI is InChI=1S/C27H20N4S/c1-29-15-16-30(19-29)20-7-6-8-21(17-20)32-22-12-13-24-23-9-2-3-10-25(23)31(26(24)18-22)27-11-4-5-14-28-27/h2-18H,1H3/q+2. The minimum absolute atomic E-state index is 0.930. The van der Waals surface area contributed by atoms with Crippen LogP contribution >= 0.6 is 11.8 Å². The summed E-state index contributed by atoms with van der Waals surface area (Å²) in [4.78, 5) is 7.01. The lowest BCUT2D eigenvalue weighted by molar-refractivity contribution is -0.429. The van der Waals surface area contributed by atoms with Gasteiger partial charge in [-0.2, -0.15) is 0 Å². The summed E-state index contributed by atoms with van der Waals surface area (Å²) in [5.74, 6) is 0.930. The number of para-hydroxylation sites is 1. The molecule has 5 aromatic rings. The first-order chi connectivity index (χ1) is 15.8. The van der Waals surface area contributed by atoms with E-state index in [0.29, 0.717) is 0 Å². The Balaban J connectivity index is 1.46. The Morgan fingerprint density at radius 2 is 1.62 bits per heavy atom. The summed E-state index contributed by atoms with van der Waals surface area (Å²) in [6.45, 7) is 0. The second-order valence-corrected chi connectivity index (χ2v) is 8.84. The Bertz CT molecular complexity index is 1590. The van der Waals surface area contributed by atoms with E-state index >= 15 is 0 Å². The third-order valence-electron chi connectivity index (χ3n) is 5.56. The molecule has 0 spiro atoms. The van der Waals surface area contributed by atoms with Crippen molar-refractivity contribution >= 4 is 45.3 Å². The molecule has 5 heteroatoms. The molecular weight excluding hydrogens is 412 g/mol. The van der Waals surface area contributed by atoms with Crippen molar-refractivity contribution in [2.45, 2.75) is 9.79 Å². The fraction of sp³-hybridized carbons (Fsp3) is 0.0370. The monoisotopic (exact) mass is 432 g/mol. The Morgan fingerprint density at radius 1 is 0.781 bits per heavy atom. The minimum Gasteiger partial charge on any atom is -0.294 e. The molecule has 0 saturated carbocycles. The third-order valence-corrected chi connectivity index (χ3v) is 6.54. The highest BCUT2D eigenvalue weighted by molar-refractivity contribution is 7.99. The highest BCUT2D eigenvalue weighted by Crippen LogP contribution is 2.36. The molecule has 32 heavy (non-hydrogen) atoms. The largest absolute Gasteiger partial charge is 0.495 e. The Hall–Kier alpha value is -3.92. The van der Waals surface area contributed by atoms with Crippen LogP contribution < -0.4 is 0 Å². The number of hydrogen-bond acceptors (Lipinski definition) is 2. The number of pyridine rings is 1. The van der Waals surface area contributed by atoms with Crippen molar-refractivity contribution < 1.29 is 9.15 Å². The maximum atomic E-state index is 4.63. The molecule has 0 N–H and O–H groups in total. The maximum absolute atomic E-state index is 4.63. The van der Waals surface area contributed by atoms with Crippen LogP contribution in [-0.2, 0) is 0 Å². The van der Waals surface area contributed by atoms with E-state index in [-0.39, 0.29) is 0 Å². The molecule has 1 aliphatic heterocycles. The highest BCUT2D eigenvalue weighted by Gasteiger charge is 2.17. The maximum Gasteiger partial charge on any atom is 0.495 e. The molecule has 0 amide bonds. The van der Waals surface area contributed by atoms with Gasteiger partial charge in [0.25, 0.3) is 6.20 Å². The van der Waals surface area contributed by atoms with Gasteiger partial charge in [-0.05, 0) is 36.4 Å². The lowest BCUT2D eigenvalue weighted by Crippen LogP contribution is -1.96. The average Bonchev–Trinajstić information content (AvgIpc) is 3.41. The van der Waals surface area contributed by atoms with Gasteiger partial charge in [0.2, 0.25) is 11.9 Å². The molecule has 0 aliphatic carbocycles. The molecular formula is C27H20N4S+2. The van der Waals surface area contributed by atoms with Crippen LogP contribution in [-0.4, -0.2) is 31.8 Å². The second kappa shape index (κ2) is 7.65. The van der Waals surface area contributed by atoms with Crippen LogP contribution in [0.15, 0.2) is 113 Å².